The van der Waals surface area contributed by atoms with Gasteiger partial charge >= 0.3 is 0 Å². The molecule has 4 nitrogen and oxygen atoms in total. The van der Waals surface area contributed by atoms with Crippen LogP contribution in [0, 0.1) is 11.8 Å². The molecule has 0 spiro atoms. The van der Waals surface area contributed by atoms with Crippen LogP contribution in [0.1, 0.15) is 12.8 Å². The third-order valence-electron chi connectivity index (χ3n) is 2.77. The van der Waals surface area contributed by atoms with Gasteiger partial charge in [0.05, 0.1) is 0 Å². The summed E-state index contributed by atoms with van der Waals surface area (Å²) >= 11 is 0. The fraction of sp³-hybridized carbons (Fsp3) is 0.875. The van der Waals surface area contributed by atoms with Crippen LogP contribution in [-0.2, 0) is 4.79 Å². The summed E-state index contributed by atoms with van der Waals surface area (Å²) in [5.41, 5.74) is 5.67. The van der Waals surface area contributed by atoms with Crippen molar-refractivity contribution in [3.8, 4) is 0 Å². The zero-order valence-electron chi connectivity index (χ0n) is 6.86. The van der Waals surface area contributed by atoms with Crippen LogP contribution in [0.5, 0.6) is 0 Å². The lowest BCUT2D eigenvalue weighted by Gasteiger charge is -2.00. The predicted molar refractivity (Wildman–Crippen MR) is 43.2 cm³/mol. The first kappa shape index (κ1) is 8.01. The number of rotatable bonds is 3. The molecule has 0 bridgehead atoms. The van der Waals surface area contributed by atoms with Gasteiger partial charge in [0.25, 0.3) is 0 Å². The van der Waals surface area contributed by atoms with Crippen LogP contribution in [0.3, 0.4) is 0 Å². The Morgan fingerprint density at radius 2 is 2.17 bits per heavy atom. The zero-order valence-corrected chi connectivity index (χ0v) is 6.86. The first-order valence-corrected chi connectivity index (χ1v) is 4.38. The fourth-order valence-corrected chi connectivity index (χ4v) is 1.83. The van der Waals surface area contributed by atoms with E-state index in [4.69, 9.17) is 10.8 Å². The monoisotopic (exact) mass is 170 g/mol. The van der Waals surface area contributed by atoms with Gasteiger partial charge in [0, 0.05) is 12.1 Å². The summed E-state index contributed by atoms with van der Waals surface area (Å²) in [7, 11) is 0. The van der Waals surface area contributed by atoms with Crippen LogP contribution in [0.2, 0.25) is 0 Å². The molecule has 2 fully saturated rings. The maximum Gasteiger partial charge on any atom is 0.245 e. The molecular weight excluding hydrogens is 156 g/mol. The van der Waals surface area contributed by atoms with E-state index in [0.29, 0.717) is 23.9 Å². The van der Waals surface area contributed by atoms with Crippen molar-refractivity contribution in [3.05, 3.63) is 0 Å². The highest BCUT2D eigenvalue weighted by atomic mass is 16.3. The molecule has 0 radical (unpaired) electrons. The third-order valence-corrected chi connectivity index (χ3v) is 2.77. The average Bonchev–Trinajstić information content (AvgIpc) is 2.88. The number of nitrogens with two attached hydrogens (primary N) is 1. The minimum Gasteiger partial charge on any atom is -0.387 e. The van der Waals surface area contributed by atoms with Crippen molar-refractivity contribution in [2.24, 2.45) is 17.6 Å². The molecule has 0 aromatic carbocycles. The smallest absolute Gasteiger partial charge is 0.245 e. The SMILES string of the molecule is NC1CC1C1CC1NC(=O)CO. The minimum absolute atomic E-state index is 0.267. The molecule has 0 aliphatic heterocycles. The van der Waals surface area contributed by atoms with Crippen LogP contribution in [0.15, 0.2) is 0 Å². The molecule has 68 valence electrons. The number of amides is 1. The van der Waals surface area contributed by atoms with E-state index in [1.165, 1.54) is 0 Å². The first-order chi connectivity index (χ1) is 5.72. The Labute approximate surface area is 71.1 Å². The number of hydrogen-bond acceptors (Lipinski definition) is 3. The normalized spacial score (nSPS) is 43.8. The van der Waals surface area contributed by atoms with Gasteiger partial charge in [0.1, 0.15) is 6.61 Å². The van der Waals surface area contributed by atoms with Crippen molar-refractivity contribution in [2.75, 3.05) is 6.61 Å². The Bertz CT molecular complexity index is 207. The summed E-state index contributed by atoms with van der Waals surface area (Å²) in [4.78, 5) is 10.7. The molecule has 1 amide bonds. The van der Waals surface area contributed by atoms with Crippen LogP contribution < -0.4 is 11.1 Å². The third kappa shape index (κ3) is 1.44. The van der Waals surface area contributed by atoms with E-state index in [-0.39, 0.29) is 5.91 Å². The van der Waals surface area contributed by atoms with Gasteiger partial charge in [-0.25, -0.2) is 0 Å². The highest BCUT2D eigenvalue weighted by Gasteiger charge is 2.52. The van der Waals surface area contributed by atoms with E-state index >= 15 is 0 Å². The molecule has 2 saturated carbocycles. The van der Waals surface area contributed by atoms with E-state index in [0.717, 1.165) is 12.8 Å². The second-order valence-corrected chi connectivity index (χ2v) is 3.80. The van der Waals surface area contributed by atoms with Gasteiger partial charge in [-0.05, 0) is 24.7 Å². The van der Waals surface area contributed by atoms with Gasteiger partial charge in [-0.3, -0.25) is 4.79 Å². The van der Waals surface area contributed by atoms with Crippen LogP contribution in [0.25, 0.3) is 0 Å². The van der Waals surface area contributed by atoms with Crippen LogP contribution in [0.4, 0.5) is 0 Å². The molecule has 2 aliphatic carbocycles. The molecular formula is C8H14N2O2. The number of aliphatic hydroxyl groups excluding tert-OH is 1. The molecule has 4 unspecified atom stereocenters. The topological polar surface area (TPSA) is 75.3 Å². The Morgan fingerprint density at radius 1 is 1.50 bits per heavy atom. The zero-order chi connectivity index (χ0) is 8.72. The molecule has 0 heterocycles. The molecule has 0 saturated heterocycles. The summed E-state index contributed by atoms with van der Waals surface area (Å²) in [6.45, 7) is -0.403. The molecule has 2 rings (SSSR count). The Hall–Kier alpha value is -0.610. The van der Waals surface area contributed by atoms with E-state index < -0.39 is 6.61 Å². The van der Waals surface area contributed by atoms with E-state index in [1.54, 1.807) is 0 Å². The Balaban J connectivity index is 1.70. The Morgan fingerprint density at radius 3 is 2.67 bits per heavy atom. The molecule has 2 aliphatic rings. The highest BCUT2D eigenvalue weighted by Crippen LogP contribution is 2.49. The summed E-state index contributed by atoms with van der Waals surface area (Å²) in [6, 6.07) is 0.661. The number of aliphatic hydroxyl groups is 1. The van der Waals surface area contributed by atoms with Crippen molar-refractivity contribution in [2.45, 2.75) is 24.9 Å². The minimum atomic E-state index is -0.403. The lowest BCUT2D eigenvalue weighted by Crippen LogP contribution is -2.29. The largest absolute Gasteiger partial charge is 0.387 e. The van der Waals surface area contributed by atoms with Crippen molar-refractivity contribution < 1.29 is 9.90 Å². The number of hydrogen-bond donors (Lipinski definition) is 3. The van der Waals surface area contributed by atoms with Gasteiger partial charge in [0.15, 0.2) is 0 Å². The van der Waals surface area contributed by atoms with Crippen molar-refractivity contribution in [1.29, 1.82) is 0 Å². The van der Waals surface area contributed by atoms with Gasteiger partial charge < -0.3 is 16.2 Å². The number of nitrogens with one attached hydrogen (secondary N) is 1. The van der Waals surface area contributed by atoms with Gasteiger partial charge in [0.2, 0.25) is 5.91 Å². The van der Waals surface area contributed by atoms with E-state index in [9.17, 15) is 4.79 Å². The maximum atomic E-state index is 10.7. The molecule has 12 heavy (non-hydrogen) atoms. The standard InChI is InChI=1S/C8H14N2O2/c9-6-1-4(6)5-2-7(5)10-8(12)3-11/h4-7,11H,1-3,9H2,(H,10,12). The first-order valence-electron chi connectivity index (χ1n) is 4.38. The molecule has 4 atom stereocenters. The average molecular weight is 170 g/mol. The van der Waals surface area contributed by atoms with Gasteiger partial charge in [-0.1, -0.05) is 0 Å². The fourth-order valence-electron chi connectivity index (χ4n) is 1.83. The van der Waals surface area contributed by atoms with Crippen LogP contribution >= 0.6 is 0 Å². The predicted octanol–water partition coefficient (Wildman–Crippen LogP) is -1.17. The van der Waals surface area contributed by atoms with Crippen molar-refractivity contribution in [3.63, 3.8) is 0 Å². The quantitative estimate of drug-likeness (QED) is 0.499. The van der Waals surface area contributed by atoms with Gasteiger partial charge in [-0.15, -0.1) is 0 Å². The number of carbonyl (C=O) groups is 1. The molecule has 4 heteroatoms. The second kappa shape index (κ2) is 2.71. The van der Waals surface area contributed by atoms with Gasteiger partial charge in [-0.2, -0.15) is 0 Å². The highest BCUT2D eigenvalue weighted by molar-refractivity contribution is 5.77. The maximum absolute atomic E-state index is 10.7. The molecule has 4 N–H and O–H groups in total. The lowest BCUT2D eigenvalue weighted by atomic mass is 10.2. The number of carbonyl (C=O) groups excluding carboxylic acids is 1. The molecule has 0 aromatic heterocycles. The lowest BCUT2D eigenvalue weighted by molar-refractivity contribution is -0.124. The molecule has 0 aromatic rings. The van der Waals surface area contributed by atoms with Crippen molar-refractivity contribution in [1.82, 2.24) is 5.32 Å². The Kier molecular flexibility index (Phi) is 1.81. The summed E-state index contributed by atoms with van der Waals surface area (Å²) < 4.78 is 0. The van der Waals surface area contributed by atoms with Crippen molar-refractivity contribution >= 4 is 5.91 Å². The van der Waals surface area contributed by atoms with E-state index in [2.05, 4.69) is 5.32 Å². The summed E-state index contributed by atoms with van der Waals surface area (Å²) in [5, 5.41) is 11.2. The summed E-state index contributed by atoms with van der Waals surface area (Å²) in [6.07, 6.45) is 2.15. The second-order valence-electron chi connectivity index (χ2n) is 3.80. The summed E-state index contributed by atoms with van der Waals surface area (Å²) in [5.74, 6) is 0.959. The van der Waals surface area contributed by atoms with E-state index in [1.807, 2.05) is 0 Å². The van der Waals surface area contributed by atoms with Crippen LogP contribution in [-0.4, -0.2) is 29.7 Å².